The van der Waals surface area contributed by atoms with E-state index in [1.165, 1.54) is 11.8 Å². The first kappa shape index (κ1) is 12.6. The summed E-state index contributed by atoms with van der Waals surface area (Å²) in [5.74, 6) is 0.813. The van der Waals surface area contributed by atoms with Crippen molar-refractivity contribution in [3.8, 4) is 0 Å². The van der Waals surface area contributed by atoms with Crippen LogP contribution in [0.3, 0.4) is 0 Å². The SMILES string of the molecule is CCSC(=O)N[C@@H]1CC/C=C/CC[C@@H]1N. The molecule has 1 rings (SSSR count). The van der Waals surface area contributed by atoms with Gasteiger partial charge < -0.3 is 11.1 Å². The van der Waals surface area contributed by atoms with Gasteiger partial charge in [0.05, 0.1) is 0 Å². The molecular formula is C11H20N2OS. The van der Waals surface area contributed by atoms with Crippen molar-refractivity contribution in [2.45, 2.75) is 44.7 Å². The average molecular weight is 228 g/mol. The number of nitrogens with one attached hydrogen (secondary N) is 1. The van der Waals surface area contributed by atoms with E-state index in [1.807, 2.05) is 6.92 Å². The van der Waals surface area contributed by atoms with Crippen LogP contribution in [-0.4, -0.2) is 23.1 Å². The molecule has 3 nitrogen and oxygen atoms in total. The summed E-state index contributed by atoms with van der Waals surface area (Å²) in [7, 11) is 0. The van der Waals surface area contributed by atoms with Crippen LogP contribution in [0.15, 0.2) is 12.2 Å². The summed E-state index contributed by atoms with van der Waals surface area (Å²) in [4.78, 5) is 11.4. The van der Waals surface area contributed by atoms with Gasteiger partial charge in [-0.1, -0.05) is 30.8 Å². The van der Waals surface area contributed by atoms with Crippen molar-refractivity contribution in [3.05, 3.63) is 12.2 Å². The second-order valence-corrected chi connectivity index (χ2v) is 5.00. The molecule has 0 saturated heterocycles. The van der Waals surface area contributed by atoms with Crippen LogP contribution < -0.4 is 11.1 Å². The van der Waals surface area contributed by atoms with E-state index >= 15 is 0 Å². The van der Waals surface area contributed by atoms with E-state index in [1.54, 1.807) is 0 Å². The molecule has 0 fully saturated rings. The van der Waals surface area contributed by atoms with Crippen LogP contribution in [0.4, 0.5) is 4.79 Å². The quantitative estimate of drug-likeness (QED) is 0.713. The average Bonchev–Trinajstić information content (AvgIpc) is 2.18. The van der Waals surface area contributed by atoms with Crippen LogP contribution in [0.2, 0.25) is 0 Å². The summed E-state index contributed by atoms with van der Waals surface area (Å²) in [6.45, 7) is 1.98. The molecule has 0 heterocycles. The summed E-state index contributed by atoms with van der Waals surface area (Å²) in [6, 6.07) is 0.234. The zero-order chi connectivity index (χ0) is 11.1. The predicted molar refractivity (Wildman–Crippen MR) is 66.0 cm³/mol. The summed E-state index contributed by atoms with van der Waals surface area (Å²) in [5, 5.41) is 3.06. The molecule has 3 N–H and O–H groups in total. The van der Waals surface area contributed by atoms with Crippen molar-refractivity contribution in [3.63, 3.8) is 0 Å². The molecule has 86 valence electrons. The standard InChI is InChI=1S/C11H20N2OS/c1-2-15-11(14)13-10-8-6-4-3-5-7-9(10)12/h3-4,9-10H,2,5-8,12H2,1H3,(H,13,14)/b4-3+/t9-,10+/m0/s1. The van der Waals surface area contributed by atoms with Crippen LogP contribution in [0.25, 0.3) is 0 Å². The van der Waals surface area contributed by atoms with Crippen LogP contribution >= 0.6 is 11.8 Å². The molecule has 15 heavy (non-hydrogen) atoms. The Labute approximate surface area is 95.9 Å². The Morgan fingerprint density at radius 2 is 2.13 bits per heavy atom. The van der Waals surface area contributed by atoms with Gasteiger partial charge in [0.1, 0.15) is 0 Å². The third-order valence-corrected chi connectivity index (χ3v) is 3.24. The minimum Gasteiger partial charge on any atom is -0.343 e. The highest BCUT2D eigenvalue weighted by molar-refractivity contribution is 8.13. The second kappa shape index (κ2) is 6.90. The first-order chi connectivity index (χ1) is 7.24. The van der Waals surface area contributed by atoms with Crippen LogP contribution in [0.5, 0.6) is 0 Å². The Kier molecular flexibility index (Phi) is 5.79. The van der Waals surface area contributed by atoms with E-state index in [2.05, 4.69) is 17.5 Å². The van der Waals surface area contributed by atoms with Crippen LogP contribution in [-0.2, 0) is 0 Å². The molecule has 0 aromatic heterocycles. The van der Waals surface area contributed by atoms with Gasteiger partial charge in [-0.3, -0.25) is 4.79 Å². The number of amides is 1. The van der Waals surface area contributed by atoms with Gasteiger partial charge in [-0.2, -0.15) is 0 Å². The van der Waals surface area contributed by atoms with Crippen molar-refractivity contribution in [2.24, 2.45) is 5.73 Å². The van der Waals surface area contributed by atoms with Gasteiger partial charge in [0.2, 0.25) is 0 Å². The van der Waals surface area contributed by atoms with Gasteiger partial charge in [-0.05, 0) is 31.4 Å². The molecule has 0 aromatic rings. The second-order valence-electron chi connectivity index (χ2n) is 3.76. The number of hydrogen-bond donors (Lipinski definition) is 2. The minimum absolute atomic E-state index is 0.0579. The Morgan fingerprint density at radius 1 is 1.47 bits per heavy atom. The van der Waals surface area contributed by atoms with Crippen molar-refractivity contribution in [1.29, 1.82) is 0 Å². The highest BCUT2D eigenvalue weighted by atomic mass is 32.2. The zero-order valence-corrected chi connectivity index (χ0v) is 10.1. The molecule has 2 atom stereocenters. The molecule has 0 unspecified atom stereocenters. The molecule has 0 aromatic carbocycles. The largest absolute Gasteiger partial charge is 0.343 e. The summed E-state index contributed by atoms with van der Waals surface area (Å²) < 4.78 is 0. The maximum Gasteiger partial charge on any atom is 0.279 e. The third-order valence-electron chi connectivity index (χ3n) is 2.57. The fourth-order valence-electron chi connectivity index (χ4n) is 1.72. The lowest BCUT2D eigenvalue weighted by Crippen LogP contribution is -2.46. The molecule has 0 saturated carbocycles. The number of hydrogen-bond acceptors (Lipinski definition) is 3. The van der Waals surface area contributed by atoms with Crippen molar-refractivity contribution in [1.82, 2.24) is 5.32 Å². The Morgan fingerprint density at radius 3 is 2.80 bits per heavy atom. The molecule has 0 spiro atoms. The van der Waals surface area contributed by atoms with Gasteiger partial charge >= 0.3 is 0 Å². The van der Waals surface area contributed by atoms with Crippen LogP contribution in [0, 0.1) is 0 Å². The maximum absolute atomic E-state index is 11.4. The predicted octanol–water partition coefficient (Wildman–Crippen LogP) is 2.28. The van der Waals surface area contributed by atoms with Gasteiger partial charge in [-0.15, -0.1) is 0 Å². The summed E-state index contributed by atoms with van der Waals surface area (Å²) in [5.41, 5.74) is 6.04. The topological polar surface area (TPSA) is 55.1 Å². The van der Waals surface area contributed by atoms with Crippen molar-refractivity contribution >= 4 is 17.0 Å². The van der Waals surface area contributed by atoms with E-state index in [-0.39, 0.29) is 17.3 Å². The fraction of sp³-hybridized carbons (Fsp3) is 0.727. The highest BCUT2D eigenvalue weighted by Gasteiger charge is 2.19. The van der Waals surface area contributed by atoms with Gasteiger partial charge in [0, 0.05) is 12.1 Å². The molecule has 1 aliphatic rings. The molecule has 0 aliphatic heterocycles. The third kappa shape index (κ3) is 4.71. The molecular weight excluding hydrogens is 208 g/mol. The molecule has 1 aliphatic carbocycles. The van der Waals surface area contributed by atoms with E-state index in [9.17, 15) is 4.79 Å². The van der Waals surface area contributed by atoms with Gasteiger partial charge in [0.25, 0.3) is 5.24 Å². The van der Waals surface area contributed by atoms with E-state index in [0.29, 0.717) is 0 Å². The van der Waals surface area contributed by atoms with Crippen molar-refractivity contribution in [2.75, 3.05) is 5.75 Å². The Balaban J connectivity index is 2.43. The lowest BCUT2D eigenvalue weighted by molar-refractivity contribution is 0.253. The Bertz CT molecular complexity index is 231. The molecule has 1 amide bonds. The molecule has 0 radical (unpaired) electrons. The first-order valence-corrected chi connectivity index (χ1v) is 6.56. The molecule has 0 bridgehead atoms. The number of rotatable bonds is 2. The number of allylic oxidation sites excluding steroid dienone is 2. The lowest BCUT2D eigenvalue weighted by Gasteiger charge is -2.25. The van der Waals surface area contributed by atoms with Gasteiger partial charge in [0.15, 0.2) is 0 Å². The first-order valence-electron chi connectivity index (χ1n) is 5.58. The maximum atomic E-state index is 11.4. The number of nitrogens with two attached hydrogens (primary N) is 1. The lowest BCUT2D eigenvalue weighted by atomic mass is 9.96. The minimum atomic E-state index is 0.0579. The normalized spacial score (nSPS) is 28.9. The van der Waals surface area contributed by atoms with Gasteiger partial charge in [-0.25, -0.2) is 0 Å². The van der Waals surface area contributed by atoms with E-state index < -0.39 is 0 Å². The van der Waals surface area contributed by atoms with E-state index in [4.69, 9.17) is 5.73 Å². The number of carbonyl (C=O) groups is 1. The monoisotopic (exact) mass is 228 g/mol. The summed E-state index contributed by atoms with van der Waals surface area (Å²) >= 11 is 1.32. The Hall–Kier alpha value is -0.480. The highest BCUT2D eigenvalue weighted by Crippen LogP contribution is 2.13. The van der Waals surface area contributed by atoms with E-state index in [0.717, 1.165) is 31.4 Å². The molecule has 4 heteroatoms. The summed E-state index contributed by atoms with van der Waals surface area (Å²) in [6.07, 6.45) is 8.30. The smallest absolute Gasteiger partial charge is 0.279 e. The van der Waals surface area contributed by atoms with Crippen LogP contribution in [0.1, 0.15) is 32.6 Å². The fourth-order valence-corrected chi connectivity index (χ4v) is 2.22. The zero-order valence-electron chi connectivity index (χ0n) is 9.24. The van der Waals surface area contributed by atoms with Crippen molar-refractivity contribution < 1.29 is 4.79 Å². The number of thioether (sulfide) groups is 1. The number of carbonyl (C=O) groups excluding carboxylic acids is 1.